The van der Waals surface area contributed by atoms with Crippen molar-refractivity contribution in [2.45, 2.75) is 6.92 Å². The Morgan fingerprint density at radius 2 is 2.13 bits per heavy atom. The van der Waals surface area contributed by atoms with Gasteiger partial charge in [-0.1, -0.05) is 0 Å². The van der Waals surface area contributed by atoms with Gasteiger partial charge in [0.15, 0.2) is 0 Å². The largest absolute Gasteiger partial charge is 0.497 e. The number of benzene rings is 1. The standard InChI is InChI=1S/C12H10N2O/c1-8-3-4-11-9(7-13)5-10(15-2)6-12(11)14-8/h3-6H,1-2H3. The van der Waals surface area contributed by atoms with Crippen LogP contribution in [0, 0.1) is 18.3 Å². The molecule has 0 bridgehead atoms. The highest BCUT2D eigenvalue weighted by Gasteiger charge is 2.05. The first-order valence-electron chi connectivity index (χ1n) is 4.60. The van der Waals surface area contributed by atoms with Gasteiger partial charge in [-0.3, -0.25) is 4.98 Å². The van der Waals surface area contributed by atoms with Gasteiger partial charge in [-0.25, -0.2) is 0 Å². The van der Waals surface area contributed by atoms with Crippen LogP contribution in [-0.4, -0.2) is 12.1 Å². The summed E-state index contributed by atoms with van der Waals surface area (Å²) < 4.78 is 5.11. The van der Waals surface area contributed by atoms with Gasteiger partial charge < -0.3 is 4.74 Å². The second-order valence-corrected chi connectivity index (χ2v) is 3.31. The molecule has 0 fully saturated rings. The minimum absolute atomic E-state index is 0.594. The van der Waals surface area contributed by atoms with E-state index in [0.29, 0.717) is 11.3 Å². The maximum Gasteiger partial charge on any atom is 0.122 e. The summed E-state index contributed by atoms with van der Waals surface area (Å²) in [6.45, 7) is 1.92. The molecule has 0 aliphatic carbocycles. The van der Waals surface area contributed by atoms with Crippen LogP contribution in [-0.2, 0) is 0 Å². The highest BCUT2D eigenvalue weighted by atomic mass is 16.5. The first kappa shape index (κ1) is 9.47. The Morgan fingerprint density at radius 3 is 2.80 bits per heavy atom. The lowest BCUT2D eigenvalue weighted by Gasteiger charge is -2.04. The first-order chi connectivity index (χ1) is 7.24. The molecule has 15 heavy (non-hydrogen) atoms. The van der Waals surface area contributed by atoms with E-state index in [0.717, 1.165) is 16.6 Å². The van der Waals surface area contributed by atoms with Crippen molar-refractivity contribution in [3.63, 3.8) is 0 Å². The topological polar surface area (TPSA) is 45.9 Å². The van der Waals surface area contributed by atoms with Gasteiger partial charge in [0.05, 0.1) is 24.3 Å². The number of nitriles is 1. The lowest BCUT2D eigenvalue weighted by atomic mass is 10.1. The summed E-state index contributed by atoms with van der Waals surface area (Å²) >= 11 is 0. The Morgan fingerprint density at radius 1 is 1.33 bits per heavy atom. The lowest BCUT2D eigenvalue weighted by Crippen LogP contribution is -1.89. The second kappa shape index (κ2) is 3.58. The maximum atomic E-state index is 8.99. The number of aryl methyl sites for hydroxylation is 1. The fourth-order valence-corrected chi connectivity index (χ4v) is 1.52. The van der Waals surface area contributed by atoms with Crippen molar-refractivity contribution in [2.75, 3.05) is 7.11 Å². The highest BCUT2D eigenvalue weighted by molar-refractivity contribution is 5.86. The molecule has 0 amide bonds. The lowest BCUT2D eigenvalue weighted by molar-refractivity contribution is 0.415. The zero-order chi connectivity index (χ0) is 10.8. The van der Waals surface area contributed by atoms with Crippen LogP contribution in [0.3, 0.4) is 0 Å². The fourth-order valence-electron chi connectivity index (χ4n) is 1.52. The van der Waals surface area contributed by atoms with E-state index >= 15 is 0 Å². The van der Waals surface area contributed by atoms with Crippen LogP contribution in [0.5, 0.6) is 5.75 Å². The van der Waals surface area contributed by atoms with Crippen LogP contribution in [0.25, 0.3) is 10.9 Å². The molecule has 1 aromatic heterocycles. The van der Waals surface area contributed by atoms with Gasteiger partial charge >= 0.3 is 0 Å². The molecule has 0 saturated carbocycles. The molecule has 0 radical (unpaired) electrons. The molecule has 2 aromatic rings. The van der Waals surface area contributed by atoms with Crippen molar-refractivity contribution in [1.82, 2.24) is 4.98 Å². The summed E-state index contributed by atoms with van der Waals surface area (Å²) in [5.74, 6) is 0.664. The number of pyridine rings is 1. The molecule has 0 atom stereocenters. The Hall–Kier alpha value is -2.08. The van der Waals surface area contributed by atoms with Crippen molar-refractivity contribution < 1.29 is 4.74 Å². The van der Waals surface area contributed by atoms with Crippen LogP contribution in [0.1, 0.15) is 11.3 Å². The van der Waals surface area contributed by atoms with E-state index in [9.17, 15) is 0 Å². The molecule has 3 heteroatoms. The number of hydrogen-bond acceptors (Lipinski definition) is 3. The van der Waals surface area contributed by atoms with Crippen LogP contribution >= 0.6 is 0 Å². The minimum atomic E-state index is 0.594. The van der Waals surface area contributed by atoms with E-state index in [-0.39, 0.29) is 0 Å². The van der Waals surface area contributed by atoms with E-state index in [1.807, 2.05) is 25.1 Å². The maximum absolute atomic E-state index is 8.99. The Balaban J connectivity index is 2.82. The predicted molar refractivity (Wildman–Crippen MR) is 57.7 cm³/mol. The number of rotatable bonds is 1. The summed E-state index contributed by atoms with van der Waals surface area (Å²) in [6.07, 6.45) is 0. The molecular weight excluding hydrogens is 188 g/mol. The summed E-state index contributed by atoms with van der Waals surface area (Å²) in [5.41, 5.74) is 2.32. The van der Waals surface area contributed by atoms with Gasteiger partial charge in [0, 0.05) is 17.1 Å². The molecule has 0 spiro atoms. The molecule has 0 saturated heterocycles. The van der Waals surface area contributed by atoms with E-state index < -0.39 is 0 Å². The Bertz CT molecular complexity index is 555. The molecule has 74 valence electrons. The molecule has 0 aliphatic rings. The monoisotopic (exact) mass is 198 g/mol. The van der Waals surface area contributed by atoms with Crippen molar-refractivity contribution in [1.29, 1.82) is 5.26 Å². The van der Waals surface area contributed by atoms with Gasteiger partial charge in [-0.05, 0) is 25.1 Å². The van der Waals surface area contributed by atoms with Crippen molar-refractivity contribution in [3.05, 3.63) is 35.5 Å². The third kappa shape index (κ3) is 1.62. The number of ether oxygens (including phenoxy) is 1. The Labute approximate surface area is 87.9 Å². The fraction of sp³-hybridized carbons (Fsp3) is 0.167. The van der Waals surface area contributed by atoms with Gasteiger partial charge in [-0.2, -0.15) is 5.26 Å². The molecule has 0 N–H and O–H groups in total. The normalized spacial score (nSPS) is 9.93. The molecule has 3 nitrogen and oxygen atoms in total. The predicted octanol–water partition coefficient (Wildman–Crippen LogP) is 2.42. The zero-order valence-corrected chi connectivity index (χ0v) is 8.61. The minimum Gasteiger partial charge on any atom is -0.497 e. The van der Waals surface area contributed by atoms with Crippen LogP contribution in [0.4, 0.5) is 0 Å². The van der Waals surface area contributed by atoms with Crippen molar-refractivity contribution in [3.8, 4) is 11.8 Å². The van der Waals surface area contributed by atoms with E-state index in [1.54, 1.807) is 13.2 Å². The third-order valence-electron chi connectivity index (χ3n) is 2.28. The summed E-state index contributed by atoms with van der Waals surface area (Å²) in [4.78, 5) is 4.36. The average molecular weight is 198 g/mol. The summed E-state index contributed by atoms with van der Waals surface area (Å²) in [6, 6.07) is 9.51. The summed E-state index contributed by atoms with van der Waals surface area (Å²) in [7, 11) is 1.58. The quantitative estimate of drug-likeness (QED) is 0.706. The first-order valence-corrected chi connectivity index (χ1v) is 4.60. The van der Waals surface area contributed by atoms with Crippen LogP contribution in [0.15, 0.2) is 24.3 Å². The molecule has 1 heterocycles. The smallest absolute Gasteiger partial charge is 0.122 e. The van der Waals surface area contributed by atoms with Crippen molar-refractivity contribution in [2.24, 2.45) is 0 Å². The number of nitrogens with zero attached hydrogens (tertiary/aromatic N) is 2. The third-order valence-corrected chi connectivity index (χ3v) is 2.28. The van der Waals surface area contributed by atoms with E-state index in [1.165, 1.54) is 0 Å². The van der Waals surface area contributed by atoms with Crippen LogP contribution in [0.2, 0.25) is 0 Å². The van der Waals surface area contributed by atoms with Gasteiger partial charge in [0.2, 0.25) is 0 Å². The number of hydrogen-bond donors (Lipinski definition) is 0. The Kier molecular flexibility index (Phi) is 2.26. The zero-order valence-electron chi connectivity index (χ0n) is 8.61. The number of methoxy groups -OCH3 is 1. The summed E-state index contributed by atoms with van der Waals surface area (Å²) in [5, 5.41) is 9.86. The van der Waals surface area contributed by atoms with Crippen LogP contribution < -0.4 is 4.74 Å². The molecule has 0 unspecified atom stereocenters. The molecule has 0 aliphatic heterocycles. The molecule has 1 aromatic carbocycles. The molecular formula is C12H10N2O. The highest BCUT2D eigenvalue weighted by Crippen LogP contribution is 2.23. The molecule has 2 rings (SSSR count). The van der Waals surface area contributed by atoms with E-state index in [4.69, 9.17) is 10.00 Å². The van der Waals surface area contributed by atoms with Gasteiger partial charge in [0.25, 0.3) is 0 Å². The average Bonchev–Trinajstić information content (AvgIpc) is 2.26. The van der Waals surface area contributed by atoms with Gasteiger partial charge in [0.1, 0.15) is 5.75 Å². The second-order valence-electron chi connectivity index (χ2n) is 3.31. The van der Waals surface area contributed by atoms with Crippen molar-refractivity contribution >= 4 is 10.9 Å². The SMILES string of the molecule is COc1cc(C#N)c2ccc(C)nc2c1. The van der Waals surface area contributed by atoms with E-state index in [2.05, 4.69) is 11.1 Å². The number of aromatic nitrogens is 1. The number of fused-ring (bicyclic) bond motifs is 1. The van der Waals surface area contributed by atoms with Gasteiger partial charge in [-0.15, -0.1) is 0 Å².